The number of nitrogens with one attached hydrogen (secondary N) is 1. The molecule has 1 N–H and O–H groups in total. The van der Waals surface area contributed by atoms with Crippen LogP contribution in [-0.4, -0.2) is 69.2 Å². The third-order valence-corrected chi connectivity index (χ3v) is 6.68. The lowest BCUT2D eigenvalue weighted by atomic mass is 9.89. The fourth-order valence-corrected chi connectivity index (χ4v) is 5.00. The molecular weight excluding hydrogens is 390 g/mol. The van der Waals surface area contributed by atoms with Crippen LogP contribution in [0.15, 0.2) is 55.0 Å². The number of piperidine rings is 1. The Kier molecular flexibility index (Phi) is 5.19. The topological polar surface area (TPSA) is 72.5 Å². The molecule has 2 fully saturated rings. The van der Waals surface area contributed by atoms with Gasteiger partial charge in [-0.25, -0.2) is 0 Å². The van der Waals surface area contributed by atoms with Gasteiger partial charge >= 0.3 is 0 Å². The molecule has 2 amide bonds. The van der Waals surface area contributed by atoms with Gasteiger partial charge in [0.05, 0.1) is 5.92 Å². The van der Waals surface area contributed by atoms with Crippen molar-refractivity contribution in [1.29, 1.82) is 0 Å². The molecule has 160 valence electrons. The van der Waals surface area contributed by atoms with Crippen molar-refractivity contribution in [1.82, 2.24) is 24.7 Å². The highest BCUT2D eigenvalue weighted by Crippen LogP contribution is 2.29. The number of benzene rings is 1. The molecule has 7 heteroatoms. The Morgan fingerprint density at radius 2 is 2.03 bits per heavy atom. The fourth-order valence-electron chi connectivity index (χ4n) is 5.00. The Balaban J connectivity index is 1.37. The Morgan fingerprint density at radius 3 is 2.87 bits per heavy atom. The van der Waals surface area contributed by atoms with E-state index in [9.17, 15) is 9.59 Å². The molecule has 0 bridgehead atoms. The van der Waals surface area contributed by atoms with Gasteiger partial charge in [0.2, 0.25) is 11.8 Å². The van der Waals surface area contributed by atoms with E-state index in [0.29, 0.717) is 13.1 Å². The molecule has 0 aliphatic carbocycles. The predicted octanol–water partition coefficient (Wildman–Crippen LogP) is 2.25. The van der Waals surface area contributed by atoms with Crippen molar-refractivity contribution in [3.05, 3.63) is 66.1 Å². The SMILES string of the molecule is CN1C(=O)CN(Cc2cccnc2)C(=O)[C@H]2CN(Cc3cccc4[nH]ccc34)CC[C@H]21. The molecule has 4 heterocycles. The molecule has 0 spiro atoms. The van der Waals surface area contributed by atoms with Crippen LogP contribution in [0.1, 0.15) is 17.5 Å². The zero-order valence-electron chi connectivity index (χ0n) is 17.7. The number of fused-ring (bicyclic) bond motifs is 2. The Labute approximate surface area is 181 Å². The molecule has 0 unspecified atom stereocenters. The summed E-state index contributed by atoms with van der Waals surface area (Å²) >= 11 is 0. The van der Waals surface area contributed by atoms with E-state index in [2.05, 4.69) is 39.1 Å². The zero-order valence-corrected chi connectivity index (χ0v) is 17.7. The van der Waals surface area contributed by atoms with Gasteiger partial charge < -0.3 is 14.8 Å². The molecule has 2 atom stereocenters. The monoisotopic (exact) mass is 417 g/mol. The van der Waals surface area contributed by atoms with E-state index in [1.807, 2.05) is 25.4 Å². The van der Waals surface area contributed by atoms with Crippen LogP contribution in [0.3, 0.4) is 0 Å². The number of pyridine rings is 1. The molecule has 2 aliphatic heterocycles. The Morgan fingerprint density at radius 1 is 1.13 bits per heavy atom. The number of carbonyl (C=O) groups excluding carboxylic acids is 2. The molecule has 2 saturated heterocycles. The first-order chi connectivity index (χ1) is 15.1. The van der Waals surface area contributed by atoms with Crippen LogP contribution in [0, 0.1) is 5.92 Å². The highest BCUT2D eigenvalue weighted by molar-refractivity contribution is 5.89. The van der Waals surface area contributed by atoms with Crippen LogP contribution in [0.4, 0.5) is 0 Å². The second-order valence-corrected chi connectivity index (χ2v) is 8.61. The van der Waals surface area contributed by atoms with E-state index in [-0.39, 0.29) is 30.3 Å². The van der Waals surface area contributed by atoms with Crippen molar-refractivity contribution in [2.45, 2.75) is 25.6 Å². The number of H-pyrrole nitrogens is 1. The van der Waals surface area contributed by atoms with Gasteiger partial charge in [0.1, 0.15) is 6.54 Å². The maximum atomic E-state index is 13.5. The summed E-state index contributed by atoms with van der Waals surface area (Å²) in [5.41, 5.74) is 3.33. The summed E-state index contributed by atoms with van der Waals surface area (Å²) in [6.45, 7) is 2.87. The standard InChI is InChI=1S/C24H27N5O2/c1-27-22-8-11-28(14-18-5-2-6-21-19(18)7-10-26-21)15-20(22)24(31)29(16-23(27)30)13-17-4-3-9-25-12-17/h2-7,9-10,12,20,22,26H,8,11,13-16H2,1H3/t20-,22+/m0/s1. The third kappa shape index (κ3) is 3.81. The second-order valence-electron chi connectivity index (χ2n) is 8.61. The second kappa shape index (κ2) is 8.15. The number of aromatic nitrogens is 2. The van der Waals surface area contributed by atoms with Gasteiger partial charge in [0.15, 0.2) is 0 Å². The maximum absolute atomic E-state index is 13.5. The summed E-state index contributed by atoms with van der Waals surface area (Å²) in [7, 11) is 1.84. The summed E-state index contributed by atoms with van der Waals surface area (Å²) < 4.78 is 0. The smallest absolute Gasteiger partial charge is 0.242 e. The largest absolute Gasteiger partial charge is 0.361 e. The average Bonchev–Trinajstić information content (AvgIpc) is 3.25. The molecular formula is C24H27N5O2. The number of hydrogen-bond acceptors (Lipinski definition) is 4. The molecule has 0 saturated carbocycles. The van der Waals surface area contributed by atoms with E-state index in [0.717, 1.165) is 30.6 Å². The van der Waals surface area contributed by atoms with E-state index in [1.165, 1.54) is 10.9 Å². The molecule has 31 heavy (non-hydrogen) atoms. The van der Waals surface area contributed by atoms with E-state index in [4.69, 9.17) is 0 Å². The van der Waals surface area contributed by atoms with E-state index in [1.54, 1.807) is 22.2 Å². The lowest BCUT2D eigenvalue weighted by molar-refractivity contribution is -0.138. The van der Waals surface area contributed by atoms with Crippen LogP contribution in [0.2, 0.25) is 0 Å². The van der Waals surface area contributed by atoms with Crippen LogP contribution in [-0.2, 0) is 22.7 Å². The van der Waals surface area contributed by atoms with Crippen LogP contribution >= 0.6 is 0 Å². The van der Waals surface area contributed by atoms with E-state index < -0.39 is 0 Å². The first-order valence-corrected chi connectivity index (χ1v) is 10.8. The number of aromatic amines is 1. The molecule has 0 radical (unpaired) electrons. The summed E-state index contributed by atoms with van der Waals surface area (Å²) in [5.74, 6) is -0.140. The van der Waals surface area contributed by atoms with Crippen molar-refractivity contribution in [2.75, 3.05) is 26.7 Å². The third-order valence-electron chi connectivity index (χ3n) is 6.68. The first-order valence-electron chi connectivity index (χ1n) is 10.8. The Bertz CT molecular complexity index is 1100. The van der Waals surface area contributed by atoms with Crippen LogP contribution in [0.5, 0.6) is 0 Å². The summed E-state index contributed by atoms with van der Waals surface area (Å²) in [4.78, 5) is 39.6. The lowest BCUT2D eigenvalue weighted by Gasteiger charge is -2.40. The number of likely N-dealkylation sites (tertiary alicyclic amines) is 1. The van der Waals surface area contributed by atoms with Gasteiger partial charge in [-0.2, -0.15) is 0 Å². The van der Waals surface area contributed by atoms with Gasteiger partial charge in [0.25, 0.3) is 0 Å². The van der Waals surface area contributed by atoms with Gasteiger partial charge in [-0.15, -0.1) is 0 Å². The normalized spacial score (nSPS) is 22.6. The van der Waals surface area contributed by atoms with Crippen LogP contribution in [0.25, 0.3) is 10.9 Å². The highest BCUT2D eigenvalue weighted by Gasteiger charge is 2.43. The number of hydrogen-bond donors (Lipinski definition) is 1. The van der Waals surface area contributed by atoms with Crippen molar-refractivity contribution >= 4 is 22.7 Å². The number of likely N-dealkylation sites (N-methyl/N-ethyl adjacent to an activating group) is 1. The highest BCUT2D eigenvalue weighted by atomic mass is 16.2. The molecule has 5 rings (SSSR count). The minimum atomic E-state index is -0.215. The van der Waals surface area contributed by atoms with Gasteiger partial charge in [-0.1, -0.05) is 18.2 Å². The minimum Gasteiger partial charge on any atom is -0.361 e. The van der Waals surface area contributed by atoms with Crippen molar-refractivity contribution in [3.63, 3.8) is 0 Å². The molecule has 2 aliphatic rings. The summed E-state index contributed by atoms with van der Waals surface area (Å²) in [6.07, 6.45) is 6.25. The van der Waals surface area contributed by atoms with Crippen molar-refractivity contribution < 1.29 is 9.59 Å². The summed E-state index contributed by atoms with van der Waals surface area (Å²) in [5, 5.41) is 1.22. The number of rotatable bonds is 4. The average molecular weight is 418 g/mol. The molecule has 3 aromatic rings. The predicted molar refractivity (Wildman–Crippen MR) is 118 cm³/mol. The number of carbonyl (C=O) groups is 2. The number of amides is 2. The Hall–Kier alpha value is -3.19. The quantitative estimate of drug-likeness (QED) is 0.707. The fraction of sp³-hybridized carbons (Fsp3) is 0.375. The summed E-state index contributed by atoms with van der Waals surface area (Å²) in [6, 6.07) is 12.2. The van der Waals surface area contributed by atoms with Gasteiger partial charge in [-0.05, 0) is 35.7 Å². The van der Waals surface area contributed by atoms with Crippen molar-refractivity contribution in [3.8, 4) is 0 Å². The van der Waals surface area contributed by atoms with E-state index >= 15 is 0 Å². The number of nitrogens with zero attached hydrogens (tertiary/aromatic N) is 4. The maximum Gasteiger partial charge on any atom is 0.242 e. The molecule has 1 aromatic carbocycles. The van der Waals surface area contributed by atoms with Crippen molar-refractivity contribution in [2.24, 2.45) is 5.92 Å². The molecule has 2 aromatic heterocycles. The minimum absolute atomic E-state index is 0.00952. The first kappa shape index (κ1) is 19.8. The van der Waals surface area contributed by atoms with Gasteiger partial charge in [-0.3, -0.25) is 19.5 Å². The zero-order chi connectivity index (χ0) is 21.4. The van der Waals surface area contributed by atoms with Crippen LogP contribution < -0.4 is 0 Å². The lowest BCUT2D eigenvalue weighted by Crippen LogP contribution is -2.53. The molecule has 7 nitrogen and oxygen atoms in total. The van der Waals surface area contributed by atoms with Gasteiger partial charge in [0, 0.05) is 68.8 Å².